The van der Waals surface area contributed by atoms with Crippen LogP contribution in [0.2, 0.25) is 0 Å². The summed E-state index contributed by atoms with van der Waals surface area (Å²) in [6.07, 6.45) is 1.86. The van der Waals surface area contributed by atoms with Gasteiger partial charge in [0.05, 0.1) is 0 Å². The second kappa shape index (κ2) is 5.68. The summed E-state index contributed by atoms with van der Waals surface area (Å²) in [6, 6.07) is 8.19. The van der Waals surface area contributed by atoms with Crippen LogP contribution in [0.4, 0.5) is 0 Å². The van der Waals surface area contributed by atoms with E-state index < -0.39 is 0 Å². The minimum atomic E-state index is 0.193. The van der Waals surface area contributed by atoms with E-state index in [1.807, 2.05) is 17.0 Å². The molecule has 2 heterocycles. The average Bonchev–Trinajstić information content (AvgIpc) is 2.73. The van der Waals surface area contributed by atoms with Gasteiger partial charge < -0.3 is 9.47 Å². The summed E-state index contributed by atoms with van der Waals surface area (Å²) in [4.78, 5) is 14.5. The first kappa shape index (κ1) is 14.4. The number of nitrogens with zero attached hydrogens (tertiary/aromatic N) is 2. The molecule has 1 aromatic heterocycles. The van der Waals surface area contributed by atoms with Gasteiger partial charge in [0.25, 0.3) is 0 Å². The van der Waals surface area contributed by atoms with Gasteiger partial charge in [-0.2, -0.15) is 0 Å². The topological polar surface area (TPSA) is 25.2 Å². The third-order valence-electron chi connectivity index (χ3n) is 4.27. The standard InChI is InChI=1S/C17H19BrN2O/c1-12-7-9-19(10-8-12)16(21)11-20-13(2)17(18)14-5-3-4-6-15(14)20/h3-6H,1,7-11H2,2H3. The predicted octanol–water partition coefficient (Wildman–Crippen LogP) is 3.89. The first-order valence-electron chi connectivity index (χ1n) is 7.25. The Bertz CT molecular complexity index is 707. The van der Waals surface area contributed by atoms with Crippen LogP contribution in [0.15, 0.2) is 40.9 Å². The number of rotatable bonds is 2. The Balaban J connectivity index is 1.86. The zero-order valence-corrected chi connectivity index (χ0v) is 13.8. The van der Waals surface area contributed by atoms with Crippen molar-refractivity contribution >= 4 is 32.7 Å². The first-order chi connectivity index (χ1) is 10.1. The van der Waals surface area contributed by atoms with Gasteiger partial charge >= 0.3 is 0 Å². The van der Waals surface area contributed by atoms with Crippen LogP contribution in [0, 0.1) is 6.92 Å². The lowest BCUT2D eigenvalue weighted by Gasteiger charge is -2.28. The highest BCUT2D eigenvalue weighted by Crippen LogP contribution is 2.30. The maximum Gasteiger partial charge on any atom is 0.242 e. The Kier molecular flexibility index (Phi) is 3.89. The number of para-hydroxylation sites is 1. The molecule has 4 heteroatoms. The van der Waals surface area contributed by atoms with Crippen LogP contribution in [0.5, 0.6) is 0 Å². The van der Waals surface area contributed by atoms with Gasteiger partial charge in [0, 0.05) is 34.2 Å². The number of piperidine rings is 1. The second-order valence-electron chi connectivity index (χ2n) is 5.63. The maximum atomic E-state index is 12.5. The van der Waals surface area contributed by atoms with Crippen LogP contribution < -0.4 is 0 Å². The van der Waals surface area contributed by atoms with Gasteiger partial charge in [0.2, 0.25) is 5.91 Å². The summed E-state index contributed by atoms with van der Waals surface area (Å²) < 4.78 is 3.18. The number of aromatic nitrogens is 1. The minimum absolute atomic E-state index is 0.193. The fourth-order valence-corrected chi connectivity index (χ4v) is 3.45. The monoisotopic (exact) mass is 346 g/mol. The number of hydrogen-bond acceptors (Lipinski definition) is 1. The van der Waals surface area contributed by atoms with Gasteiger partial charge in [-0.1, -0.05) is 30.4 Å². The third kappa shape index (κ3) is 2.64. The number of carbonyl (C=O) groups is 1. The third-order valence-corrected chi connectivity index (χ3v) is 5.27. The summed E-state index contributed by atoms with van der Waals surface area (Å²) in [6.45, 7) is 8.06. The Morgan fingerprint density at radius 2 is 1.95 bits per heavy atom. The lowest BCUT2D eigenvalue weighted by Crippen LogP contribution is -2.38. The van der Waals surface area contributed by atoms with Gasteiger partial charge in [-0.3, -0.25) is 4.79 Å². The molecule has 1 aliphatic heterocycles. The van der Waals surface area contributed by atoms with E-state index in [9.17, 15) is 4.79 Å². The molecule has 110 valence electrons. The molecule has 1 aromatic carbocycles. The van der Waals surface area contributed by atoms with Crippen molar-refractivity contribution in [3.8, 4) is 0 Å². The summed E-state index contributed by atoms with van der Waals surface area (Å²) in [5.74, 6) is 0.193. The van der Waals surface area contributed by atoms with Gasteiger partial charge in [0.15, 0.2) is 0 Å². The molecule has 3 nitrogen and oxygen atoms in total. The fraction of sp³-hybridized carbons (Fsp3) is 0.353. The highest BCUT2D eigenvalue weighted by atomic mass is 79.9. The zero-order chi connectivity index (χ0) is 15.0. The van der Waals surface area contributed by atoms with E-state index in [0.717, 1.165) is 47.0 Å². The molecule has 0 spiro atoms. The quantitative estimate of drug-likeness (QED) is 0.757. The molecule has 3 rings (SSSR count). The summed E-state index contributed by atoms with van der Waals surface area (Å²) in [7, 11) is 0. The van der Waals surface area contributed by atoms with E-state index in [0.29, 0.717) is 6.54 Å². The molecule has 0 unspecified atom stereocenters. The lowest BCUT2D eigenvalue weighted by atomic mass is 10.1. The van der Waals surface area contributed by atoms with Crippen molar-refractivity contribution in [2.24, 2.45) is 0 Å². The van der Waals surface area contributed by atoms with Crippen molar-refractivity contribution in [3.63, 3.8) is 0 Å². The Labute approximate surface area is 133 Å². The molecule has 0 atom stereocenters. The minimum Gasteiger partial charge on any atom is -0.341 e. The highest BCUT2D eigenvalue weighted by molar-refractivity contribution is 9.10. The zero-order valence-electron chi connectivity index (χ0n) is 12.2. The number of amides is 1. The SMILES string of the molecule is C=C1CCN(C(=O)Cn2c(C)c(Br)c3ccccc32)CC1. The number of halogens is 1. The second-order valence-corrected chi connectivity index (χ2v) is 6.43. The smallest absolute Gasteiger partial charge is 0.242 e. The predicted molar refractivity (Wildman–Crippen MR) is 89.3 cm³/mol. The van der Waals surface area contributed by atoms with Crippen LogP contribution in [0.25, 0.3) is 10.9 Å². The molecule has 0 N–H and O–H groups in total. The van der Waals surface area contributed by atoms with E-state index in [4.69, 9.17) is 0 Å². The van der Waals surface area contributed by atoms with E-state index in [1.165, 1.54) is 5.57 Å². The van der Waals surface area contributed by atoms with Crippen molar-refractivity contribution in [1.82, 2.24) is 9.47 Å². The van der Waals surface area contributed by atoms with Gasteiger partial charge in [-0.15, -0.1) is 0 Å². The normalized spacial score (nSPS) is 15.7. The fourth-order valence-electron chi connectivity index (χ4n) is 2.90. The van der Waals surface area contributed by atoms with Crippen molar-refractivity contribution in [3.05, 3.63) is 46.6 Å². The number of hydrogen-bond donors (Lipinski definition) is 0. The maximum absolute atomic E-state index is 12.5. The number of carbonyl (C=O) groups excluding carboxylic acids is 1. The summed E-state index contributed by atoms with van der Waals surface area (Å²) >= 11 is 3.64. The Hall–Kier alpha value is -1.55. The molecule has 0 bridgehead atoms. The van der Waals surface area contributed by atoms with Crippen LogP contribution in [-0.2, 0) is 11.3 Å². The van der Waals surface area contributed by atoms with E-state index in [1.54, 1.807) is 0 Å². The van der Waals surface area contributed by atoms with E-state index >= 15 is 0 Å². The molecular weight excluding hydrogens is 328 g/mol. The van der Waals surface area contributed by atoms with Crippen LogP contribution in [0.3, 0.4) is 0 Å². The molecule has 1 amide bonds. The van der Waals surface area contributed by atoms with E-state index in [2.05, 4.69) is 46.1 Å². The molecule has 1 saturated heterocycles. The summed E-state index contributed by atoms with van der Waals surface area (Å²) in [5.41, 5.74) is 3.46. The first-order valence-corrected chi connectivity index (χ1v) is 8.05. The van der Waals surface area contributed by atoms with Crippen LogP contribution >= 0.6 is 15.9 Å². The molecule has 21 heavy (non-hydrogen) atoms. The molecule has 1 aliphatic rings. The summed E-state index contributed by atoms with van der Waals surface area (Å²) in [5, 5.41) is 1.16. The van der Waals surface area contributed by atoms with Gasteiger partial charge in [-0.05, 0) is 41.8 Å². The molecule has 1 fully saturated rings. The van der Waals surface area contributed by atoms with Crippen molar-refractivity contribution in [1.29, 1.82) is 0 Å². The molecular formula is C17H19BrN2O. The van der Waals surface area contributed by atoms with Crippen LogP contribution in [0.1, 0.15) is 18.5 Å². The molecule has 0 radical (unpaired) electrons. The van der Waals surface area contributed by atoms with Crippen LogP contribution in [-0.4, -0.2) is 28.5 Å². The molecule has 0 saturated carbocycles. The van der Waals surface area contributed by atoms with Crippen molar-refractivity contribution in [2.45, 2.75) is 26.3 Å². The number of likely N-dealkylation sites (tertiary alicyclic amines) is 1. The molecule has 2 aromatic rings. The van der Waals surface area contributed by atoms with Crippen molar-refractivity contribution < 1.29 is 4.79 Å². The Morgan fingerprint density at radius 1 is 1.29 bits per heavy atom. The Morgan fingerprint density at radius 3 is 2.67 bits per heavy atom. The molecule has 0 aliphatic carbocycles. The number of fused-ring (bicyclic) bond motifs is 1. The van der Waals surface area contributed by atoms with Gasteiger partial charge in [0.1, 0.15) is 6.54 Å². The van der Waals surface area contributed by atoms with E-state index in [-0.39, 0.29) is 5.91 Å². The highest BCUT2D eigenvalue weighted by Gasteiger charge is 2.20. The largest absolute Gasteiger partial charge is 0.341 e. The number of benzene rings is 1. The lowest BCUT2D eigenvalue weighted by molar-refractivity contribution is -0.132. The average molecular weight is 347 g/mol. The van der Waals surface area contributed by atoms with Gasteiger partial charge in [-0.25, -0.2) is 0 Å². The van der Waals surface area contributed by atoms with Crippen molar-refractivity contribution in [2.75, 3.05) is 13.1 Å².